The van der Waals surface area contributed by atoms with Crippen molar-refractivity contribution in [1.29, 1.82) is 0 Å². The number of hydrogen-bond acceptors (Lipinski definition) is 3. The molecular formula is C19H14ClF3O4. The van der Waals surface area contributed by atoms with E-state index < -0.39 is 23.8 Å². The summed E-state index contributed by atoms with van der Waals surface area (Å²) in [6.45, 7) is 2.14. The van der Waals surface area contributed by atoms with Crippen LogP contribution in [0, 0.1) is 0 Å². The number of ether oxygens (including phenoxy) is 2. The fourth-order valence-electron chi connectivity index (χ4n) is 2.87. The molecule has 3 rings (SSSR count). The molecule has 0 saturated heterocycles. The van der Waals surface area contributed by atoms with E-state index in [0.717, 1.165) is 6.08 Å². The van der Waals surface area contributed by atoms with Crippen LogP contribution in [0.4, 0.5) is 13.2 Å². The largest absolute Gasteiger partial charge is 0.493 e. The molecular weight excluding hydrogens is 385 g/mol. The number of benzene rings is 2. The van der Waals surface area contributed by atoms with Crippen LogP contribution in [0.5, 0.6) is 11.5 Å². The topological polar surface area (TPSA) is 55.8 Å². The van der Waals surface area contributed by atoms with Crippen molar-refractivity contribution in [2.24, 2.45) is 0 Å². The Morgan fingerprint density at radius 3 is 2.59 bits per heavy atom. The quantitative estimate of drug-likeness (QED) is 0.769. The van der Waals surface area contributed by atoms with Gasteiger partial charge in [0.2, 0.25) is 6.10 Å². The number of carboxylic acid groups (broad SMARTS) is 1. The maximum Gasteiger partial charge on any atom is 0.430 e. The molecule has 0 fully saturated rings. The van der Waals surface area contributed by atoms with Crippen molar-refractivity contribution < 1.29 is 32.5 Å². The van der Waals surface area contributed by atoms with Crippen molar-refractivity contribution in [3.05, 3.63) is 52.6 Å². The Bertz CT molecular complexity index is 922. The van der Waals surface area contributed by atoms with Crippen LogP contribution in [-0.4, -0.2) is 30.0 Å². The lowest BCUT2D eigenvalue weighted by atomic mass is 9.95. The summed E-state index contributed by atoms with van der Waals surface area (Å²) in [4.78, 5) is 11.3. The highest BCUT2D eigenvalue weighted by Crippen LogP contribution is 2.46. The molecule has 1 aliphatic heterocycles. The van der Waals surface area contributed by atoms with Crippen LogP contribution in [0.2, 0.25) is 5.02 Å². The van der Waals surface area contributed by atoms with Crippen LogP contribution in [-0.2, 0) is 4.79 Å². The Morgan fingerprint density at radius 1 is 1.26 bits per heavy atom. The molecule has 0 bridgehead atoms. The summed E-state index contributed by atoms with van der Waals surface area (Å²) in [6, 6.07) is 9.60. The molecule has 27 heavy (non-hydrogen) atoms. The van der Waals surface area contributed by atoms with Crippen molar-refractivity contribution in [3.8, 4) is 22.6 Å². The average molecular weight is 399 g/mol. The van der Waals surface area contributed by atoms with E-state index >= 15 is 0 Å². The average Bonchev–Trinajstić information content (AvgIpc) is 2.60. The zero-order valence-corrected chi connectivity index (χ0v) is 14.8. The Labute approximate surface area is 157 Å². The van der Waals surface area contributed by atoms with Crippen molar-refractivity contribution in [2.75, 3.05) is 6.61 Å². The minimum absolute atomic E-state index is 0.0983. The molecule has 0 aromatic heterocycles. The fourth-order valence-corrected chi connectivity index (χ4v) is 3.09. The Hall–Kier alpha value is -2.67. The van der Waals surface area contributed by atoms with E-state index in [2.05, 4.69) is 0 Å². The molecule has 1 N–H and O–H groups in total. The van der Waals surface area contributed by atoms with Crippen molar-refractivity contribution in [2.45, 2.75) is 19.2 Å². The molecule has 1 aliphatic rings. The third-order valence-electron chi connectivity index (χ3n) is 3.93. The van der Waals surface area contributed by atoms with E-state index in [1.165, 1.54) is 12.1 Å². The molecule has 0 radical (unpaired) electrons. The van der Waals surface area contributed by atoms with Crippen molar-refractivity contribution in [1.82, 2.24) is 0 Å². The highest BCUT2D eigenvalue weighted by molar-refractivity contribution is 6.31. The molecule has 0 amide bonds. The number of alkyl halides is 3. The van der Waals surface area contributed by atoms with E-state index in [1.54, 1.807) is 31.2 Å². The van der Waals surface area contributed by atoms with E-state index in [-0.39, 0.29) is 21.9 Å². The van der Waals surface area contributed by atoms with Gasteiger partial charge in [0.25, 0.3) is 0 Å². The maximum absolute atomic E-state index is 13.4. The van der Waals surface area contributed by atoms with Crippen LogP contribution in [0.3, 0.4) is 0 Å². The standard InChI is InChI=1S/C19H14ClF3O4/c1-2-26-15-6-4-3-5-12(15)13-9-11(20)7-10-8-14(18(24)25)17(19(21,22)23)27-16(10)13/h3-9,17H,2H2,1H3,(H,24,25). The van der Waals surface area contributed by atoms with E-state index in [0.29, 0.717) is 17.9 Å². The molecule has 4 nitrogen and oxygen atoms in total. The molecule has 0 saturated carbocycles. The number of fused-ring (bicyclic) bond motifs is 1. The first-order valence-electron chi connectivity index (χ1n) is 7.96. The summed E-state index contributed by atoms with van der Waals surface area (Å²) in [5.41, 5.74) is 0.0331. The number of carboxylic acids is 1. The van der Waals surface area contributed by atoms with Crippen molar-refractivity contribution >= 4 is 23.6 Å². The SMILES string of the molecule is CCOc1ccccc1-c1cc(Cl)cc2c1OC(C(F)(F)F)C(C(=O)O)=C2. The van der Waals surface area contributed by atoms with Gasteiger partial charge in [-0.15, -0.1) is 0 Å². The molecule has 1 heterocycles. The van der Waals surface area contributed by atoms with Gasteiger partial charge in [-0.3, -0.25) is 0 Å². The van der Waals surface area contributed by atoms with Crippen LogP contribution >= 0.6 is 11.6 Å². The second kappa shape index (κ2) is 7.15. The van der Waals surface area contributed by atoms with Crippen molar-refractivity contribution in [3.63, 3.8) is 0 Å². The van der Waals surface area contributed by atoms with Gasteiger partial charge in [-0.25, -0.2) is 4.79 Å². The normalized spacial score (nSPS) is 16.2. The van der Waals surface area contributed by atoms with Gasteiger partial charge in [-0.1, -0.05) is 29.8 Å². The third-order valence-corrected chi connectivity index (χ3v) is 4.15. The predicted molar refractivity (Wildman–Crippen MR) is 94.1 cm³/mol. The summed E-state index contributed by atoms with van der Waals surface area (Å²) in [5.74, 6) is -1.36. The lowest BCUT2D eigenvalue weighted by Gasteiger charge is -2.29. The van der Waals surface area contributed by atoms with Gasteiger partial charge in [0.15, 0.2) is 0 Å². The Kier molecular flexibility index (Phi) is 5.06. The summed E-state index contributed by atoms with van der Waals surface area (Å²) in [6.07, 6.45) is -6.53. The van der Waals surface area contributed by atoms with Gasteiger partial charge in [-0.2, -0.15) is 13.2 Å². The van der Waals surface area contributed by atoms with Gasteiger partial charge in [0.05, 0.1) is 12.2 Å². The molecule has 1 unspecified atom stereocenters. The highest BCUT2D eigenvalue weighted by atomic mass is 35.5. The Balaban J connectivity index is 2.24. The molecule has 8 heteroatoms. The number of carbonyl (C=O) groups is 1. The summed E-state index contributed by atoms with van der Waals surface area (Å²) in [5, 5.41) is 9.39. The van der Waals surface area contributed by atoms with Gasteiger partial charge >= 0.3 is 12.1 Å². The number of para-hydroxylation sites is 1. The summed E-state index contributed by atoms with van der Waals surface area (Å²) < 4.78 is 50.8. The van der Waals surface area contributed by atoms with Crippen LogP contribution in [0.1, 0.15) is 12.5 Å². The molecule has 0 aliphatic carbocycles. The lowest BCUT2D eigenvalue weighted by molar-refractivity contribution is -0.187. The summed E-state index contributed by atoms with van der Waals surface area (Å²) in [7, 11) is 0. The number of aliphatic carboxylic acids is 1. The Morgan fingerprint density at radius 2 is 1.96 bits per heavy atom. The van der Waals surface area contributed by atoms with Gasteiger partial charge in [-0.05, 0) is 31.2 Å². The van der Waals surface area contributed by atoms with Crippen LogP contribution in [0.15, 0.2) is 42.0 Å². The molecule has 1 atom stereocenters. The third kappa shape index (κ3) is 3.73. The van der Waals surface area contributed by atoms with Crippen LogP contribution in [0.25, 0.3) is 17.2 Å². The van der Waals surface area contributed by atoms with Gasteiger partial charge in [0, 0.05) is 21.7 Å². The van der Waals surface area contributed by atoms with Gasteiger partial charge in [0.1, 0.15) is 11.5 Å². The number of hydrogen-bond donors (Lipinski definition) is 1. The van der Waals surface area contributed by atoms with Gasteiger partial charge < -0.3 is 14.6 Å². The van der Waals surface area contributed by atoms with E-state index in [1.807, 2.05) is 0 Å². The molecule has 2 aromatic carbocycles. The second-order valence-corrected chi connectivity index (χ2v) is 6.18. The molecule has 2 aromatic rings. The minimum atomic E-state index is -4.89. The number of rotatable bonds is 4. The zero-order chi connectivity index (χ0) is 19.8. The fraction of sp³-hybridized carbons (Fsp3) is 0.211. The predicted octanol–water partition coefficient (Wildman–Crippen LogP) is 5.20. The monoisotopic (exact) mass is 398 g/mol. The minimum Gasteiger partial charge on any atom is -0.493 e. The van der Waals surface area contributed by atoms with E-state index in [9.17, 15) is 18.0 Å². The lowest BCUT2D eigenvalue weighted by Crippen LogP contribution is -2.40. The first kappa shape index (κ1) is 19.1. The first-order valence-corrected chi connectivity index (χ1v) is 8.34. The van der Waals surface area contributed by atoms with Crippen LogP contribution < -0.4 is 9.47 Å². The second-order valence-electron chi connectivity index (χ2n) is 5.75. The highest BCUT2D eigenvalue weighted by Gasteiger charge is 2.48. The zero-order valence-electron chi connectivity index (χ0n) is 14.0. The van der Waals surface area contributed by atoms with E-state index in [4.69, 9.17) is 26.2 Å². The molecule has 142 valence electrons. The number of halogens is 4. The maximum atomic E-state index is 13.4. The molecule has 0 spiro atoms. The summed E-state index contributed by atoms with van der Waals surface area (Å²) >= 11 is 6.12. The first-order chi connectivity index (χ1) is 12.7. The smallest absolute Gasteiger partial charge is 0.430 e.